The molecule has 100 valence electrons. The van der Waals surface area contributed by atoms with Crippen molar-refractivity contribution in [3.05, 3.63) is 0 Å². The molecule has 1 unspecified atom stereocenters. The van der Waals surface area contributed by atoms with Gasteiger partial charge in [-0.3, -0.25) is 4.79 Å². The largest absolute Gasteiger partial charge is 0.468 e. The summed E-state index contributed by atoms with van der Waals surface area (Å²) in [5, 5.41) is 0.170. The van der Waals surface area contributed by atoms with Crippen molar-refractivity contribution in [2.75, 3.05) is 40.0 Å². The van der Waals surface area contributed by atoms with E-state index in [1.807, 2.05) is 0 Å². The number of rotatable bonds is 5. The van der Waals surface area contributed by atoms with Gasteiger partial charge in [0.15, 0.2) is 0 Å². The highest BCUT2D eigenvalue weighted by Crippen LogP contribution is 2.25. The fourth-order valence-corrected chi connectivity index (χ4v) is 3.83. The Morgan fingerprint density at radius 1 is 1.53 bits per heavy atom. The molecule has 1 heterocycles. The van der Waals surface area contributed by atoms with Crippen molar-refractivity contribution < 1.29 is 17.9 Å². The van der Waals surface area contributed by atoms with Gasteiger partial charge >= 0.3 is 5.97 Å². The first-order valence-corrected chi connectivity index (χ1v) is 7.68. The van der Waals surface area contributed by atoms with Gasteiger partial charge in [-0.15, -0.1) is 11.8 Å². The van der Waals surface area contributed by atoms with E-state index in [1.165, 1.54) is 41.6 Å². The van der Waals surface area contributed by atoms with Gasteiger partial charge in [0.1, 0.15) is 0 Å². The van der Waals surface area contributed by atoms with Gasteiger partial charge in [0.25, 0.3) is 10.2 Å². The minimum Gasteiger partial charge on any atom is -0.468 e. The smallest absolute Gasteiger partial charge is 0.315 e. The molecule has 1 aliphatic heterocycles. The maximum atomic E-state index is 11.8. The van der Waals surface area contributed by atoms with E-state index in [4.69, 9.17) is 0 Å². The highest BCUT2D eigenvalue weighted by atomic mass is 32.2. The molecule has 1 aliphatic rings. The van der Waals surface area contributed by atoms with Crippen LogP contribution in [-0.4, -0.2) is 68.3 Å². The second-order valence-electron chi connectivity index (χ2n) is 3.95. The number of hydrogen-bond donors (Lipinski definition) is 0. The summed E-state index contributed by atoms with van der Waals surface area (Å²) in [4.78, 5) is 11.0. The molecule has 1 fully saturated rings. The van der Waals surface area contributed by atoms with E-state index in [2.05, 4.69) is 4.74 Å². The topological polar surface area (TPSA) is 66.9 Å². The molecule has 0 aliphatic carbocycles. The number of ether oxygens (including phenoxy) is 1. The Morgan fingerprint density at radius 3 is 2.71 bits per heavy atom. The summed E-state index contributed by atoms with van der Waals surface area (Å²) in [6.45, 7) is 0.974. The number of methoxy groups -OCH3 is 1. The molecule has 0 N–H and O–H groups in total. The Bertz CT molecular complexity index is 369. The lowest BCUT2D eigenvalue weighted by atomic mass is 10.4. The summed E-state index contributed by atoms with van der Waals surface area (Å²) in [7, 11) is 1.07. The van der Waals surface area contributed by atoms with Crippen LogP contribution in [0.1, 0.15) is 6.42 Å². The van der Waals surface area contributed by atoms with E-state index in [-0.39, 0.29) is 17.0 Å². The zero-order valence-electron chi connectivity index (χ0n) is 10.2. The minimum atomic E-state index is -3.32. The van der Waals surface area contributed by atoms with Crippen LogP contribution >= 0.6 is 11.8 Å². The third-order valence-electron chi connectivity index (χ3n) is 2.56. The predicted molar refractivity (Wildman–Crippen MR) is 67.1 cm³/mol. The second kappa shape index (κ2) is 6.03. The Kier molecular flexibility index (Phi) is 5.23. The minimum absolute atomic E-state index is 0.170. The number of esters is 1. The quantitative estimate of drug-likeness (QED) is 0.652. The fraction of sp³-hybridized carbons (Fsp3) is 0.889. The zero-order chi connectivity index (χ0) is 13.1. The molecular weight excluding hydrogens is 264 g/mol. The van der Waals surface area contributed by atoms with Crippen LogP contribution in [0.5, 0.6) is 0 Å². The van der Waals surface area contributed by atoms with Crippen molar-refractivity contribution in [3.8, 4) is 0 Å². The molecule has 1 atom stereocenters. The monoisotopic (exact) mass is 282 g/mol. The summed E-state index contributed by atoms with van der Waals surface area (Å²) in [5.74, 6) is 0.000669. The van der Waals surface area contributed by atoms with Crippen molar-refractivity contribution in [2.45, 2.75) is 11.7 Å². The fourth-order valence-electron chi connectivity index (χ4n) is 1.52. The SMILES string of the molecule is COC(=O)CSC1CCN(S(=O)(=O)N(C)C)C1. The van der Waals surface area contributed by atoms with Crippen LogP contribution in [0, 0.1) is 0 Å². The van der Waals surface area contributed by atoms with Crippen molar-refractivity contribution in [3.63, 3.8) is 0 Å². The van der Waals surface area contributed by atoms with Crippen LogP contribution in [0.4, 0.5) is 0 Å². The molecule has 17 heavy (non-hydrogen) atoms. The number of thioether (sulfide) groups is 1. The lowest BCUT2D eigenvalue weighted by Crippen LogP contribution is -2.38. The first kappa shape index (κ1) is 14.7. The van der Waals surface area contributed by atoms with Crippen LogP contribution in [0.2, 0.25) is 0 Å². The Morgan fingerprint density at radius 2 is 2.18 bits per heavy atom. The van der Waals surface area contributed by atoms with Gasteiger partial charge in [-0.2, -0.15) is 17.0 Å². The summed E-state index contributed by atoms with van der Waals surface area (Å²) < 4.78 is 30.8. The molecule has 0 aromatic carbocycles. The van der Waals surface area contributed by atoms with Crippen molar-refractivity contribution in [2.24, 2.45) is 0 Å². The van der Waals surface area contributed by atoms with Crippen molar-refractivity contribution in [1.29, 1.82) is 0 Å². The lowest BCUT2D eigenvalue weighted by molar-refractivity contribution is -0.137. The highest BCUT2D eigenvalue weighted by molar-refractivity contribution is 8.00. The highest BCUT2D eigenvalue weighted by Gasteiger charge is 2.33. The Labute approximate surface area is 106 Å². The van der Waals surface area contributed by atoms with Gasteiger partial charge in [0, 0.05) is 32.4 Å². The first-order chi connectivity index (χ1) is 7.87. The third-order valence-corrected chi connectivity index (χ3v) is 5.73. The maximum Gasteiger partial charge on any atom is 0.315 e. The molecule has 8 heteroatoms. The van der Waals surface area contributed by atoms with Crippen molar-refractivity contribution in [1.82, 2.24) is 8.61 Å². The Balaban J connectivity index is 2.45. The molecular formula is C9H18N2O4S2. The lowest BCUT2D eigenvalue weighted by Gasteiger charge is -2.20. The molecule has 0 amide bonds. The van der Waals surface area contributed by atoms with Crippen LogP contribution in [0.25, 0.3) is 0 Å². The normalized spacial score (nSPS) is 22.0. The average Bonchev–Trinajstić information content (AvgIpc) is 2.74. The van der Waals surface area contributed by atoms with E-state index in [1.54, 1.807) is 0 Å². The number of hydrogen-bond acceptors (Lipinski definition) is 5. The summed E-state index contributed by atoms with van der Waals surface area (Å²) in [6, 6.07) is 0. The molecule has 0 aromatic heterocycles. The van der Waals surface area contributed by atoms with E-state index in [0.717, 1.165) is 6.42 Å². The third kappa shape index (κ3) is 3.84. The molecule has 1 rings (SSSR count). The van der Waals surface area contributed by atoms with Crippen molar-refractivity contribution >= 4 is 27.9 Å². The Hall–Kier alpha value is -0.310. The van der Waals surface area contributed by atoms with Crippen LogP contribution in [0.3, 0.4) is 0 Å². The molecule has 0 aromatic rings. The second-order valence-corrected chi connectivity index (χ2v) is 7.38. The summed E-state index contributed by atoms with van der Waals surface area (Å²) >= 11 is 1.45. The van der Waals surface area contributed by atoms with E-state index >= 15 is 0 Å². The van der Waals surface area contributed by atoms with Gasteiger partial charge in [-0.25, -0.2) is 0 Å². The molecule has 6 nitrogen and oxygen atoms in total. The molecule has 0 bridgehead atoms. The van der Waals surface area contributed by atoms with Gasteiger partial charge in [0.05, 0.1) is 12.9 Å². The number of nitrogens with zero attached hydrogens (tertiary/aromatic N) is 2. The van der Waals surface area contributed by atoms with Crippen LogP contribution in [-0.2, 0) is 19.7 Å². The van der Waals surface area contributed by atoms with E-state index in [9.17, 15) is 13.2 Å². The molecule has 0 saturated carbocycles. The first-order valence-electron chi connectivity index (χ1n) is 5.24. The number of carbonyl (C=O) groups is 1. The van der Waals surface area contributed by atoms with Crippen LogP contribution in [0.15, 0.2) is 0 Å². The van der Waals surface area contributed by atoms with Gasteiger partial charge < -0.3 is 4.74 Å². The van der Waals surface area contributed by atoms with E-state index in [0.29, 0.717) is 13.1 Å². The standard InChI is InChI=1S/C9H18N2O4S2/c1-10(2)17(13,14)11-5-4-8(6-11)16-7-9(12)15-3/h8H,4-7H2,1-3H3. The van der Waals surface area contributed by atoms with E-state index < -0.39 is 10.2 Å². The molecule has 0 spiro atoms. The van der Waals surface area contributed by atoms with Gasteiger partial charge in [-0.05, 0) is 6.42 Å². The average molecular weight is 282 g/mol. The zero-order valence-corrected chi connectivity index (χ0v) is 11.9. The number of carbonyl (C=O) groups excluding carboxylic acids is 1. The molecule has 0 radical (unpaired) electrons. The maximum absolute atomic E-state index is 11.8. The van der Waals surface area contributed by atoms with Gasteiger partial charge in [0.2, 0.25) is 0 Å². The molecule has 1 saturated heterocycles. The van der Waals surface area contributed by atoms with Crippen LogP contribution < -0.4 is 0 Å². The van der Waals surface area contributed by atoms with Gasteiger partial charge in [-0.1, -0.05) is 0 Å². The summed E-state index contributed by atoms with van der Waals surface area (Å²) in [5.41, 5.74) is 0. The predicted octanol–water partition coefficient (Wildman–Crippen LogP) is -0.227. The summed E-state index contributed by atoms with van der Waals surface area (Å²) in [6.07, 6.45) is 0.773.